The van der Waals surface area contributed by atoms with Gasteiger partial charge in [-0.3, -0.25) is 9.89 Å². The van der Waals surface area contributed by atoms with E-state index in [0.29, 0.717) is 0 Å². The fourth-order valence-electron chi connectivity index (χ4n) is 3.19. The average molecular weight is 390 g/mol. The number of aryl methyl sites for hydroxylation is 1. The van der Waals surface area contributed by atoms with Gasteiger partial charge in [0.05, 0.1) is 6.54 Å². The predicted molar refractivity (Wildman–Crippen MR) is 112 cm³/mol. The van der Waals surface area contributed by atoms with Gasteiger partial charge in [-0.25, -0.2) is 4.39 Å². The van der Waals surface area contributed by atoms with Crippen molar-refractivity contribution < 1.29 is 4.39 Å². The number of nitrogens with one attached hydrogen (secondary N) is 2. The number of thiophene rings is 1. The van der Waals surface area contributed by atoms with Gasteiger partial charge in [0.15, 0.2) is 5.96 Å². The second kappa shape index (κ2) is 9.71. The summed E-state index contributed by atoms with van der Waals surface area (Å²) >= 11 is 1.81. The van der Waals surface area contributed by atoms with Crippen LogP contribution >= 0.6 is 11.3 Å². The van der Waals surface area contributed by atoms with Crippen molar-refractivity contribution in [3.05, 3.63) is 52.0 Å². The van der Waals surface area contributed by atoms with Gasteiger partial charge in [0.2, 0.25) is 0 Å². The molecule has 1 aliphatic rings. The lowest BCUT2D eigenvalue weighted by molar-refractivity contribution is 0.261. The smallest absolute Gasteiger partial charge is 0.191 e. The van der Waals surface area contributed by atoms with Crippen LogP contribution in [0.5, 0.6) is 0 Å². The van der Waals surface area contributed by atoms with Crippen molar-refractivity contribution in [1.82, 2.24) is 15.5 Å². The molecule has 1 aromatic heterocycles. The Kier molecular flexibility index (Phi) is 7.06. The standard InChI is InChI=1S/C20H28FN5S/c1-16-3-8-19(27-16)15-24-20(22-2)23-9-10-25-11-13-26(14-12-25)18-6-4-17(21)5-7-18/h3-8H,9-15H2,1-2H3,(H2,22,23,24). The van der Waals surface area contributed by atoms with E-state index in [0.717, 1.165) is 57.5 Å². The summed E-state index contributed by atoms with van der Waals surface area (Å²) in [6, 6.07) is 11.1. The Balaban J connectivity index is 1.35. The van der Waals surface area contributed by atoms with E-state index in [4.69, 9.17) is 0 Å². The summed E-state index contributed by atoms with van der Waals surface area (Å²) in [7, 11) is 1.80. The molecular formula is C20H28FN5S. The van der Waals surface area contributed by atoms with Gasteiger partial charge in [-0.2, -0.15) is 0 Å². The number of nitrogens with zero attached hydrogens (tertiary/aromatic N) is 3. The molecule has 2 N–H and O–H groups in total. The Labute approximate surface area is 164 Å². The number of anilines is 1. The second-order valence-corrected chi connectivity index (χ2v) is 8.04. The molecule has 0 aliphatic carbocycles. The largest absolute Gasteiger partial charge is 0.369 e. The first kappa shape index (κ1) is 19.6. The van der Waals surface area contributed by atoms with Gasteiger partial charge in [0.1, 0.15) is 5.82 Å². The van der Waals surface area contributed by atoms with Crippen molar-refractivity contribution in [2.45, 2.75) is 13.5 Å². The van der Waals surface area contributed by atoms with E-state index >= 15 is 0 Å². The van der Waals surface area contributed by atoms with Crippen LogP contribution in [0.1, 0.15) is 9.75 Å². The summed E-state index contributed by atoms with van der Waals surface area (Å²) < 4.78 is 13.1. The van der Waals surface area contributed by atoms with Crippen LogP contribution in [0, 0.1) is 12.7 Å². The molecule has 0 amide bonds. The van der Waals surface area contributed by atoms with Gasteiger partial charge in [-0.15, -0.1) is 11.3 Å². The van der Waals surface area contributed by atoms with Crippen LogP contribution in [0.4, 0.5) is 10.1 Å². The van der Waals surface area contributed by atoms with E-state index in [-0.39, 0.29) is 5.82 Å². The molecule has 5 nitrogen and oxygen atoms in total. The zero-order valence-electron chi connectivity index (χ0n) is 16.0. The van der Waals surface area contributed by atoms with Crippen LogP contribution in [-0.4, -0.2) is 57.2 Å². The van der Waals surface area contributed by atoms with Crippen molar-refractivity contribution in [1.29, 1.82) is 0 Å². The molecule has 1 saturated heterocycles. The maximum absolute atomic E-state index is 13.1. The molecule has 0 unspecified atom stereocenters. The van der Waals surface area contributed by atoms with Crippen LogP contribution in [0.2, 0.25) is 0 Å². The van der Waals surface area contributed by atoms with Crippen molar-refractivity contribution in [3.63, 3.8) is 0 Å². The first-order chi connectivity index (χ1) is 13.1. The maximum Gasteiger partial charge on any atom is 0.191 e. The van der Waals surface area contributed by atoms with Crippen molar-refractivity contribution >= 4 is 23.0 Å². The first-order valence-electron chi connectivity index (χ1n) is 9.37. The van der Waals surface area contributed by atoms with E-state index in [1.807, 2.05) is 12.1 Å². The van der Waals surface area contributed by atoms with E-state index in [1.165, 1.54) is 21.9 Å². The highest BCUT2D eigenvalue weighted by Crippen LogP contribution is 2.17. The Morgan fingerprint density at radius 1 is 1.07 bits per heavy atom. The van der Waals surface area contributed by atoms with Crippen LogP contribution in [0.15, 0.2) is 41.4 Å². The van der Waals surface area contributed by atoms with Crippen molar-refractivity contribution in [2.24, 2.45) is 4.99 Å². The van der Waals surface area contributed by atoms with Gasteiger partial charge in [0.25, 0.3) is 0 Å². The Hall–Kier alpha value is -2.12. The molecule has 0 bridgehead atoms. The molecule has 0 spiro atoms. The normalized spacial score (nSPS) is 15.8. The number of aliphatic imine (C=N–C) groups is 1. The fraction of sp³-hybridized carbons (Fsp3) is 0.450. The molecule has 1 fully saturated rings. The van der Waals surface area contributed by atoms with Gasteiger partial charge in [-0.1, -0.05) is 0 Å². The molecule has 1 aliphatic heterocycles. The van der Waals surface area contributed by atoms with Gasteiger partial charge in [-0.05, 0) is 43.3 Å². The minimum absolute atomic E-state index is 0.181. The molecule has 27 heavy (non-hydrogen) atoms. The zero-order valence-corrected chi connectivity index (χ0v) is 16.9. The summed E-state index contributed by atoms with van der Waals surface area (Å²) in [5, 5.41) is 6.75. The summed E-state index contributed by atoms with van der Waals surface area (Å²) in [5.41, 5.74) is 1.10. The quantitative estimate of drug-likeness (QED) is 0.589. The summed E-state index contributed by atoms with van der Waals surface area (Å²) in [5.74, 6) is 0.658. The Morgan fingerprint density at radius 2 is 1.81 bits per heavy atom. The minimum Gasteiger partial charge on any atom is -0.369 e. The number of hydrogen-bond acceptors (Lipinski definition) is 4. The minimum atomic E-state index is -0.181. The zero-order chi connectivity index (χ0) is 19.1. The topological polar surface area (TPSA) is 42.9 Å². The lowest BCUT2D eigenvalue weighted by Gasteiger charge is -2.36. The molecule has 0 radical (unpaired) electrons. The second-order valence-electron chi connectivity index (χ2n) is 6.67. The maximum atomic E-state index is 13.1. The van der Waals surface area contributed by atoms with Crippen LogP contribution in [-0.2, 0) is 6.54 Å². The van der Waals surface area contributed by atoms with Crippen LogP contribution in [0.3, 0.4) is 0 Å². The predicted octanol–water partition coefficient (Wildman–Crippen LogP) is 2.68. The average Bonchev–Trinajstić information content (AvgIpc) is 3.11. The number of benzene rings is 1. The Morgan fingerprint density at radius 3 is 2.44 bits per heavy atom. The number of rotatable bonds is 6. The fourth-order valence-corrected chi connectivity index (χ4v) is 4.02. The summed E-state index contributed by atoms with van der Waals surface area (Å²) in [4.78, 5) is 11.7. The van der Waals surface area contributed by atoms with Gasteiger partial charge < -0.3 is 15.5 Å². The molecule has 0 saturated carbocycles. The third-order valence-corrected chi connectivity index (χ3v) is 5.73. The third-order valence-electron chi connectivity index (χ3n) is 4.73. The lowest BCUT2D eigenvalue weighted by atomic mass is 10.2. The van der Waals surface area contributed by atoms with Gasteiger partial charge in [0, 0.05) is 61.8 Å². The van der Waals surface area contributed by atoms with E-state index in [9.17, 15) is 4.39 Å². The highest BCUT2D eigenvalue weighted by Gasteiger charge is 2.16. The number of piperazine rings is 1. The molecule has 2 aromatic rings. The number of hydrogen-bond donors (Lipinski definition) is 2. The van der Waals surface area contributed by atoms with E-state index in [2.05, 4.69) is 44.5 Å². The SMILES string of the molecule is CN=C(NCCN1CCN(c2ccc(F)cc2)CC1)NCc1ccc(C)s1. The van der Waals surface area contributed by atoms with Crippen LogP contribution in [0.25, 0.3) is 0 Å². The molecule has 0 atom stereocenters. The molecule has 2 heterocycles. The Bertz CT molecular complexity index is 735. The molecule has 7 heteroatoms. The molecule has 1 aromatic carbocycles. The summed E-state index contributed by atoms with van der Waals surface area (Å²) in [6.45, 7) is 8.73. The highest BCUT2D eigenvalue weighted by molar-refractivity contribution is 7.11. The molecule has 3 rings (SSSR count). The van der Waals surface area contributed by atoms with Gasteiger partial charge >= 0.3 is 0 Å². The van der Waals surface area contributed by atoms with E-state index in [1.54, 1.807) is 18.4 Å². The van der Waals surface area contributed by atoms with Crippen molar-refractivity contribution in [2.75, 3.05) is 51.2 Å². The number of halogens is 1. The molecular weight excluding hydrogens is 361 g/mol. The number of guanidine groups is 1. The van der Waals surface area contributed by atoms with E-state index < -0.39 is 0 Å². The van der Waals surface area contributed by atoms with Crippen molar-refractivity contribution in [3.8, 4) is 0 Å². The van der Waals surface area contributed by atoms with Crippen LogP contribution < -0.4 is 15.5 Å². The molecule has 146 valence electrons. The summed E-state index contributed by atoms with van der Waals surface area (Å²) in [6.07, 6.45) is 0. The third kappa shape index (κ3) is 5.94. The lowest BCUT2D eigenvalue weighted by Crippen LogP contribution is -2.49. The monoisotopic (exact) mass is 389 g/mol. The first-order valence-corrected chi connectivity index (χ1v) is 10.2. The highest BCUT2D eigenvalue weighted by atomic mass is 32.1.